The molecule has 0 aliphatic carbocycles. The monoisotopic (exact) mass is 353 g/mol. The summed E-state index contributed by atoms with van der Waals surface area (Å²) in [6, 6.07) is 7.99. The minimum Gasteiger partial charge on any atom is -0.491 e. The van der Waals surface area contributed by atoms with Crippen LogP contribution in [0.1, 0.15) is 26.3 Å². The van der Waals surface area contributed by atoms with Gasteiger partial charge < -0.3 is 15.0 Å². The van der Waals surface area contributed by atoms with E-state index in [0.717, 1.165) is 23.8 Å². The molecule has 0 aromatic heterocycles. The lowest BCUT2D eigenvalue weighted by Gasteiger charge is -2.23. The Morgan fingerprint density at radius 1 is 1.33 bits per heavy atom. The van der Waals surface area contributed by atoms with E-state index in [-0.39, 0.29) is 4.75 Å². The van der Waals surface area contributed by atoms with Gasteiger partial charge in [-0.05, 0) is 39.3 Å². The van der Waals surface area contributed by atoms with Crippen LogP contribution in [-0.4, -0.2) is 59.4 Å². The van der Waals surface area contributed by atoms with Crippen molar-refractivity contribution < 1.29 is 8.95 Å². The predicted octanol–water partition coefficient (Wildman–Crippen LogP) is 2.43. The van der Waals surface area contributed by atoms with Crippen molar-refractivity contribution in [1.29, 1.82) is 0 Å². The van der Waals surface area contributed by atoms with Crippen LogP contribution < -0.4 is 10.1 Å². The molecule has 1 aromatic rings. The van der Waals surface area contributed by atoms with Crippen LogP contribution in [0.2, 0.25) is 0 Å². The first-order valence-electron chi connectivity index (χ1n) is 8.24. The molecule has 0 aliphatic heterocycles. The highest BCUT2D eigenvalue weighted by molar-refractivity contribution is 7.86. The summed E-state index contributed by atoms with van der Waals surface area (Å²) in [6.45, 7) is 9.95. The highest BCUT2D eigenvalue weighted by Crippen LogP contribution is 2.15. The van der Waals surface area contributed by atoms with Crippen molar-refractivity contribution in [3.63, 3.8) is 0 Å². The number of aliphatic imine (C=N–C) groups is 1. The number of hydrogen-bond acceptors (Lipinski definition) is 3. The molecule has 24 heavy (non-hydrogen) atoms. The summed E-state index contributed by atoms with van der Waals surface area (Å²) in [5, 5.41) is 3.26. The van der Waals surface area contributed by atoms with E-state index in [4.69, 9.17) is 4.74 Å². The molecular formula is C18H31N3O2S. The average Bonchev–Trinajstić information content (AvgIpc) is 2.52. The van der Waals surface area contributed by atoms with Crippen LogP contribution in [0.5, 0.6) is 5.75 Å². The summed E-state index contributed by atoms with van der Waals surface area (Å²) in [6.07, 6.45) is 0. The maximum Gasteiger partial charge on any atom is 0.193 e. The zero-order valence-corrected chi connectivity index (χ0v) is 16.6. The van der Waals surface area contributed by atoms with Gasteiger partial charge in [-0.2, -0.15) is 0 Å². The van der Waals surface area contributed by atoms with Gasteiger partial charge in [-0.15, -0.1) is 0 Å². The normalized spacial score (nSPS) is 13.5. The van der Waals surface area contributed by atoms with Crippen LogP contribution in [0, 0.1) is 6.92 Å². The van der Waals surface area contributed by atoms with Gasteiger partial charge in [0.05, 0.1) is 6.54 Å². The molecule has 0 radical (unpaired) electrons. The second kappa shape index (κ2) is 9.67. The number of benzene rings is 1. The summed E-state index contributed by atoms with van der Waals surface area (Å²) in [7, 11) is 2.86. The van der Waals surface area contributed by atoms with Gasteiger partial charge in [0, 0.05) is 41.9 Å². The Balaban J connectivity index is 2.37. The quantitative estimate of drug-likeness (QED) is 0.604. The van der Waals surface area contributed by atoms with Gasteiger partial charge >= 0.3 is 0 Å². The fraction of sp³-hybridized carbons (Fsp3) is 0.611. The zero-order chi connectivity index (χ0) is 18.2. The molecule has 0 saturated carbocycles. The Bertz CT molecular complexity index is 568. The summed E-state index contributed by atoms with van der Waals surface area (Å²) < 4.78 is 17.7. The Morgan fingerprint density at radius 2 is 2.00 bits per heavy atom. The van der Waals surface area contributed by atoms with Crippen molar-refractivity contribution in [2.45, 2.75) is 32.4 Å². The molecule has 0 fully saturated rings. The first-order chi connectivity index (χ1) is 11.3. The Labute approximate surface area is 149 Å². The lowest BCUT2D eigenvalue weighted by molar-refractivity contribution is 0.280. The van der Waals surface area contributed by atoms with Gasteiger partial charge in [-0.1, -0.05) is 18.2 Å². The van der Waals surface area contributed by atoms with Crippen LogP contribution in [0.15, 0.2) is 29.3 Å². The van der Waals surface area contributed by atoms with Gasteiger partial charge in [0.2, 0.25) is 0 Å². The van der Waals surface area contributed by atoms with Crippen molar-refractivity contribution in [2.24, 2.45) is 4.99 Å². The number of aryl methyl sites for hydroxylation is 1. The van der Waals surface area contributed by atoms with Crippen molar-refractivity contribution in [3.8, 4) is 5.75 Å². The van der Waals surface area contributed by atoms with Crippen LogP contribution in [0.3, 0.4) is 0 Å². The van der Waals surface area contributed by atoms with E-state index in [9.17, 15) is 4.21 Å². The number of nitrogens with zero attached hydrogens (tertiary/aromatic N) is 2. The molecule has 0 aliphatic rings. The van der Waals surface area contributed by atoms with E-state index in [1.165, 1.54) is 0 Å². The fourth-order valence-corrected chi connectivity index (χ4v) is 2.96. The molecular weight excluding hydrogens is 322 g/mol. The highest BCUT2D eigenvalue weighted by Gasteiger charge is 2.19. The Morgan fingerprint density at radius 3 is 2.58 bits per heavy atom. The molecule has 136 valence electrons. The smallest absolute Gasteiger partial charge is 0.193 e. The van der Waals surface area contributed by atoms with Crippen LogP contribution >= 0.6 is 0 Å². The minimum absolute atomic E-state index is 0.182. The second-order valence-corrected chi connectivity index (χ2v) is 9.00. The minimum atomic E-state index is -0.863. The van der Waals surface area contributed by atoms with Gasteiger partial charge in [-0.3, -0.25) is 9.20 Å². The van der Waals surface area contributed by atoms with E-state index in [1.54, 1.807) is 7.05 Å². The number of likely N-dealkylation sites (N-methyl/N-ethyl adjacent to an activating group) is 1. The number of rotatable bonds is 7. The Kier molecular flexibility index (Phi) is 8.25. The first-order valence-corrected chi connectivity index (χ1v) is 9.56. The van der Waals surface area contributed by atoms with Gasteiger partial charge in [0.1, 0.15) is 12.4 Å². The number of hydrogen-bond donors (Lipinski definition) is 1. The molecule has 5 nitrogen and oxygen atoms in total. The molecule has 0 amide bonds. The molecule has 6 heteroatoms. The summed E-state index contributed by atoms with van der Waals surface area (Å²) in [5.41, 5.74) is 1.13. The molecule has 0 saturated heterocycles. The fourth-order valence-electron chi connectivity index (χ4n) is 2.06. The molecule has 1 aromatic carbocycles. The number of nitrogens with one attached hydrogen (secondary N) is 1. The van der Waals surface area contributed by atoms with Crippen LogP contribution in [-0.2, 0) is 10.8 Å². The third kappa shape index (κ3) is 6.91. The molecule has 1 atom stereocenters. The summed E-state index contributed by atoms with van der Waals surface area (Å²) in [5.74, 6) is 2.31. The molecule has 0 spiro atoms. The van der Waals surface area contributed by atoms with Crippen molar-refractivity contribution >= 4 is 16.8 Å². The lowest BCUT2D eigenvalue weighted by atomic mass is 10.2. The van der Waals surface area contributed by atoms with E-state index in [2.05, 4.69) is 10.3 Å². The highest BCUT2D eigenvalue weighted by atomic mass is 32.2. The van der Waals surface area contributed by atoms with Gasteiger partial charge in [0.15, 0.2) is 5.96 Å². The average molecular weight is 354 g/mol. The summed E-state index contributed by atoms with van der Waals surface area (Å²) in [4.78, 5) is 6.28. The molecule has 0 bridgehead atoms. The van der Waals surface area contributed by atoms with Crippen molar-refractivity contribution in [2.75, 3.05) is 39.5 Å². The van der Waals surface area contributed by atoms with Crippen LogP contribution in [0.25, 0.3) is 0 Å². The predicted molar refractivity (Wildman–Crippen MR) is 103 cm³/mol. The molecule has 1 unspecified atom stereocenters. The largest absolute Gasteiger partial charge is 0.491 e. The van der Waals surface area contributed by atoms with Gasteiger partial charge in [-0.25, -0.2) is 0 Å². The Hall–Kier alpha value is -1.56. The number of guanidine groups is 1. The molecule has 0 heterocycles. The SMILES string of the molecule is CN=C(NCCS(=O)C(C)(C)C)N(C)CCOc1ccccc1C. The van der Waals surface area contributed by atoms with Crippen molar-refractivity contribution in [1.82, 2.24) is 10.2 Å². The third-order valence-electron chi connectivity index (χ3n) is 3.60. The van der Waals surface area contributed by atoms with E-state index in [0.29, 0.717) is 18.9 Å². The number of para-hydroxylation sites is 1. The number of ether oxygens (including phenoxy) is 1. The molecule has 1 N–H and O–H groups in total. The first kappa shape index (κ1) is 20.5. The maximum atomic E-state index is 12.1. The second-order valence-electron chi connectivity index (χ2n) is 6.67. The van der Waals surface area contributed by atoms with Gasteiger partial charge in [0.25, 0.3) is 0 Å². The van der Waals surface area contributed by atoms with E-state index >= 15 is 0 Å². The standard InChI is InChI=1S/C18H31N3O2S/c1-15-9-7-8-10-16(15)23-13-12-21(6)17(19-5)20-11-14-24(22)18(2,3)4/h7-10H,11-14H2,1-6H3,(H,19,20). The van der Waals surface area contributed by atoms with Crippen molar-refractivity contribution in [3.05, 3.63) is 29.8 Å². The zero-order valence-electron chi connectivity index (χ0n) is 15.8. The topological polar surface area (TPSA) is 53.9 Å². The molecule has 1 rings (SSSR count). The third-order valence-corrected chi connectivity index (χ3v) is 5.55. The summed E-state index contributed by atoms with van der Waals surface area (Å²) >= 11 is 0. The van der Waals surface area contributed by atoms with Crippen LogP contribution in [0.4, 0.5) is 0 Å². The lowest BCUT2D eigenvalue weighted by Crippen LogP contribution is -2.43. The maximum absolute atomic E-state index is 12.1. The van der Waals surface area contributed by atoms with E-state index in [1.807, 2.05) is 63.9 Å². The van der Waals surface area contributed by atoms with E-state index < -0.39 is 10.8 Å².